The summed E-state index contributed by atoms with van der Waals surface area (Å²) in [4.78, 5) is 24.3. The molecule has 2 aromatic rings. The number of nitrogens with one attached hydrogen (secondary N) is 1. The molecule has 0 aliphatic rings. The van der Waals surface area contributed by atoms with Crippen molar-refractivity contribution in [2.75, 3.05) is 17.6 Å². The van der Waals surface area contributed by atoms with Crippen LogP contribution in [0.15, 0.2) is 39.9 Å². The fourth-order valence-corrected chi connectivity index (χ4v) is 2.01. The van der Waals surface area contributed by atoms with Crippen LogP contribution < -0.4 is 22.3 Å². The van der Waals surface area contributed by atoms with Crippen LogP contribution in [-0.2, 0) is 13.6 Å². The number of rotatable bonds is 4. The molecule has 6 nitrogen and oxygen atoms in total. The molecule has 0 unspecified atom stereocenters. The largest absolute Gasteiger partial charge is 0.383 e. The van der Waals surface area contributed by atoms with Gasteiger partial charge in [0.05, 0.1) is 13.1 Å². The van der Waals surface area contributed by atoms with Crippen molar-refractivity contribution in [1.82, 2.24) is 9.13 Å². The van der Waals surface area contributed by atoms with Crippen LogP contribution in [-0.4, -0.2) is 15.7 Å². The van der Waals surface area contributed by atoms with Gasteiger partial charge in [-0.05, 0) is 5.56 Å². The number of benzene rings is 1. The zero-order chi connectivity index (χ0) is 15.4. The summed E-state index contributed by atoms with van der Waals surface area (Å²) in [5.41, 5.74) is 6.06. The van der Waals surface area contributed by atoms with E-state index in [4.69, 9.17) is 12.2 Å². The van der Waals surface area contributed by atoms with Crippen LogP contribution in [0.25, 0.3) is 0 Å². The number of aromatic nitrogens is 2. The molecule has 21 heavy (non-hydrogen) atoms. The lowest BCUT2D eigenvalue weighted by atomic mass is 10.2. The smallest absolute Gasteiger partial charge is 0.332 e. The molecule has 0 bridgehead atoms. The average Bonchev–Trinajstić information content (AvgIpc) is 2.51. The molecule has 0 radical (unpaired) electrons. The highest BCUT2D eigenvalue weighted by molar-refractivity contribution is 5.61. The van der Waals surface area contributed by atoms with E-state index in [1.807, 2.05) is 30.3 Å². The zero-order valence-corrected chi connectivity index (χ0v) is 11.7. The number of nitrogens with two attached hydrogens (primary N) is 1. The summed E-state index contributed by atoms with van der Waals surface area (Å²) in [6.45, 7) is 0.438. The van der Waals surface area contributed by atoms with Gasteiger partial charge in [0.25, 0.3) is 5.56 Å². The van der Waals surface area contributed by atoms with Gasteiger partial charge in [-0.15, -0.1) is 6.42 Å². The van der Waals surface area contributed by atoms with Crippen molar-refractivity contribution in [2.24, 2.45) is 7.05 Å². The molecule has 6 heteroatoms. The van der Waals surface area contributed by atoms with Gasteiger partial charge in [-0.1, -0.05) is 36.3 Å². The van der Waals surface area contributed by atoms with Crippen molar-refractivity contribution in [3.8, 4) is 12.3 Å². The molecular weight excluding hydrogens is 268 g/mol. The predicted octanol–water partition coefficient (Wildman–Crippen LogP) is 0.223. The standard InChI is InChI=1S/C15H16N4O2/c1-3-9-17-12-13(16)19(15(21)18(2)14(12)20)10-11-7-5-4-6-8-11/h1,4-8,17H,9-10,16H2,2H3. The topological polar surface area (TPSA) is 82.0 Å². The maximum atomic E-state index is 12.2. The Morgan fingerprint density at radius 1 is 1.29 bits per heavy atom. The van der Waals surface area contributed by atoms with Crippen molar-refractivity contribution in [3.05, 3.63) is 56.7 Å². The van der Waals surface area contributed by atoms with Gasteiger partial charge in [-0.2, -0.15) is 0 Å². The van der Waals surface area contributed by atoms with Crippen LogP contribution >= 0.6 is 0 Å². The van der Waals surface area contributed by atoms with E-state index in [1.54, 1.807) is 0 Å². The maximum absolute atomic E-state index is 12.2. The molecule has 0 atom stereocenters. The highest BCUT2D eigenvalue weighted by atomic mass is 16.2. The average molecular weight is 284 g/mol. The minimum absolute atomic E-state index is 0.0854. The maximum Gasteiger partial charge on any atom is 0.332 e. The summed E-state index contributed by atoms with van der Waals surface area (Å²) in [6.07, 6.45) is 5.18. The SMILES string of the molecule is C#CCNc1c(N)n(Cc2ccccc2)c(=O)n(C)c1=O. The molecule has 108 valence electrons. The molecule has 0 saturated heterocycles. The van der Waals surface area contributed by atoms with Crippen LogP contribution in [0.1, 0.15) is 5.56 Å². The second-order valence-electron chi connectivity index (χ2n) is 4.54. The Kier molecular flexibility index (Phi) is 4.14. The Morgan fingerprint density at radius 2 is 1.95 bits per heavy atom. The van der Waals surface area contributed by atoms with Gasteiger partial charge in [-0.3, -0.25) is 13.9 Å². The van der Waals surface area contributed by atoms with Gasteiger partial charge in [-0.25, -0.2) is 4.79 Å². The highest BCUT2D eigenvalue weighted by Crippen LogP contribution is 2.12. The molecule has 1 heterocycles. The van der Waals surface area contributed by atoms with E-state index in [9.17, 15) is 9.59 Å². The molecular formula is C15H16N4O2. The Balaban J connectivity index is 2.56. The Labute approximate surface area is 121 Å². The highest BCUT2D eigenvalue weighted by Gasteiger charge is 2.14. The first-order chi connectivity index (χ1) is 10.1. The molecule has 0 amide bonds. The molecule has 0 aliphatic heterocycles. The number of nitrogen functional groups attached to an aromatic ring is 1. The quantitative estimate of drug-likeness (QED) is 0.787. The number of hydrogen-bond donors (Lipinski definition) is 2. The second-order valence-corrected chi connectivity index (χ2v) is 4.54. The lowest BCUT2D eigenvalue weighted by molar-refractivity contribution is 0.657. The van der Waals surface area contributed by atoms with E-state index in [2.05, 4.69) is 11.2 Å². The molecule has 3 N–H and O–H groups in total. The first-order valence-corrected chi connectivity index (χ1v) is 6.36. The van der Waals surface area contributed by atoms with E-state index in [0.717, 1.165) is 10.1 Å². The van der Waals surface area contributed by atoms with E-state index in [0.29, 0.717) is 0 Å². The number of terminal acetylenes is 1. The van der Waals surface area contributed by atoms with Gasteiger partial charge in [0.15, 0.2) is 0 Å². The normalized spacial score (nSPS) is 10.1. The molecule has 1 aromatic heterocycles. The van der Waals surface area contributed by atoms with Gasteiger partial charge >= 0.3 is 5.69 Å². The summed E-state index contributed by atoms with van der Waals surface area (Å²) in [6, 6.07) is 9.39. The van der Waals surface area contributed by atoms with Crippen molar-refractivity contribution in [1.29, 1.82) is 0 Å². The summed E-state index contributed by atoms with van der Waals surface area (Å²) in [5.74, 6) is 2.46. The molecule has 0 saturated carbocycles. The van der Waals surface area contributed by atoms with Crippen LogP contribution in [0, 0.1) is 12.3 Å². The van der Waals surface area contributed by atoms with Gasteiger partial charge in [0.2, 0.25) is 0 Å². The Morgan fingerprint density at radius 3 is 2.57 bits per heavy atom. The zero-order valence-electron chi connectivity index (χ0n) is 11.7. The fraction of sp³-hybridized carbons (Fsp3) is 0.200. The summed E-state index contributed by atoms with van der Waals surface area (Å²) in [7, 11) is 1.41. The minimum Gasteiger partial charge on any atom is -0.383 e. The number of anilines is 2. The molecule has 0 aliphatic carbocycles. The summed E-state index contributed by atoms with van der Waals surface area (Å²) < 4.78 is 2.35. The number of hydrogen-bond acceptors (Lipinski definition) is 4. The monoisotopic (exact) mass is 284 g/mol. The van der Waals surface area contributed by atoms with E-state index >= 15 is 0 Å². The van der Waals surface area contributed by atoms with Crippen LogP contribution in [0.4, 0.5) is 11.5 Å². The van der Waals surface area contributed by atoms with E-state index in [1.165, 1.54) is 11.6 Å². The second kappa shape index (κ2) is 6.01. The van der Waals surface area contributed by atoms with Gasteiger partial charge in [0.1, 0.15) is 11.5 Å². The third kappa shape index (κ3) is 2.82. The van der Waals surface area contributed by atoms with Crippen molar-refractivity contribution >= 4 is 11.5 Å². The first-order valence-electron chi connectivity index (χ1n) is 6.36. The van der Waals surface area contributed by atoms with Crippen molar-refractivity contribution in [3.63, 3.8) is 0 Å². The van der Waals surface area contributed by atoms with Crippen molar-refractivity contribution in [2.45, 2.75) is 6.54 Å². The molecule has 0 spiro atoms. The van der Waals surface area contributed by atoms with Gasteiger partial charge < -0.3 is 11.1 Å². The summed E-state index contributed by atoms with van der Waals surface area (Å²) >= 11 is 0. The third-order valence-corrected chi connectivity index (χ3v) is 3.13. The molecule has 2 rings (SSSR count). The summed E-state index contributed by atoms with van der Waals surface area (Å²) in [5, 5.41) is 2.77. The van der Waals surface area contributed by atoms with Crippen LogP contribution in [0.5, 0.6) is 0 Å². The number of nitrogens with zero attached hydrogens (tertiary/aromatic N) is 2. The molecule has 0 fully saturated rings. The van der Waals surface area contributed by atoms with E-state index in [-0.39, 0.29) is 24.6 Å². The third-order valence-electron chi connectivity index (χ3n) is 3.13. The lowest BCUT2D eigenvalue weighted by Gasteiger charge is -2.15. The Hall–Kier alpha value is -2.94. The Bertz CT molecular complexity index is 797. The lowest BCUT2D eigenvalue weighted by Crippen LogP contribution is -2.41. The predicted molar refractivity (Wildman–Crippen MR) is 83.2 cm³/mol. The van der Waals surface area contributed by atoms with Crippen molar-refractivity contribution < 1.29 is 0 Å². The fourth-order valence-electron chi connectivity index (χ4n) is 2.01. The van der Waals surface area contributed by atoms with Crippen LogP contribution in [0.2, 0.25) is 0 Å². The van der Waals surface area contributed by atoms with Gasteiger partial charge in [0, 0.05) is 7.05 Å². The van der Waals surface area contributed by atoms with E-state index < -0.39 is 11.2 Å². The molecule has 1 aromatic carbocycles. The first kappa shape index (κ1) is 14.5. The minimum atomic E-state index is -0.489. The van der Waals surface area contributed by atoms with Crippen LogP contribution in [0.3, 0.4) is 0 Å².